The lowest BCUT2D eigenvalue weighted by molar-refractivity contribution is -0.152. The van der Waals surface area contributed by atoms with Crippen LogP contribution in [-0.2, 0) is 10.5 Å². The molecule has 0 bridgehead atoms. The van der Waals surface area contributed by atoms with Gasteiger partial charge in [0.25, 0.3) is 0 Å². The van der Waals surface area contributed by atoms with Crippen molar-refractivity contribution in [2.45, 2.75) is 33.4 Å². The zero-order valence-electron chi connectivity index (χ0n) is 11.6. The van der Waals surface area contributed by atoms with E-state index in [1.807, 2.05) is 32.0 Å². The topological polar surface area (TPSA) is 37.3 Å². The van der Waals surface area contributed by atoms with Gasteiger partial charge >= 0.3 is 5.97 Å². The van der Waals surface area contributed by atoms with Gasteiger partial charge in [-0.15, -0.1) is 0 Å². The zero-order valence-corrected chi connectivity index (χ0v) is 12.4. The monoisotopic (exact) mass is 266 g/mol. The first kappa shape index (κ1) is 15.1. The predicted octanol–water partition coefficient (Wildman–Crippen LogP) is 4.06. The summed E-state index contributed by atoms with van der Waals surface area (Å²) in [6.45, 7) is 7.66. The maximum atomic E-state index is 11.3. The van der Waals surface area contributed by atoms with Crippen molar-refractivity contribution >= 4 is 17.7 Å². The van der Waals surface area contributed by atoms with Crippen LogP contribution in [0.25, 0.3) is 0 Å². The summed E-state index contributed by atoms with van der Waals surface area (Å²) in [4.78, 5) is 11.3. The van der Waals surface area contributed by atoms with Gasteiger partial charge in [-0.1, -0.05) is 44.2 Å². The van der Waals surface area contributed by atoms with Gasteiger partial charge in [-0.05, 0) is 30.6 Å². The van der Waals surface area contributed by atoms with Crippen molar-refractivity contribution < 1.29 is 9.90 Å². The molecular weight excluding hydrogens is 244 g/mol. The van der Waals surface area contributed by atoms with Crippen molar-refractivity contribution in [3.05, 3.63) is 35.9 Å². The Labute approximate surface area is 114 Å². The maximum Gasteiger partial charge on any atom is 0.309 e. The smallest absolute Gasteiger partial charge is 0.309 e. The molecule has 0 aliphatic heterocycles. The Bertz CT molecular complexity index is 396. The molecule has 1 rings (SSSR count). The summed E-state index contributed by atoms with van der Waals surface area (Å²) in [6, 6.07) is 10.3. The van der Waals surface area contributed by atoms with Gasteiger partial charge in [-0.3, -0.25) is 4.79 Å². The summed E-state index contributed by atoms with van der Waals surface area (Å²) in [5.74, 6) is 1.04. The highest BCUT2D eigenvalue weighted by molar-refractivity contribution is 7.98. The molecule has 0 aliphatic carbocycles. The van der Waals surface area contributed by atoms with E-state index in [0.717, 1.165) is 11.5 Å². The highest BCUT2D eigenvalue weighted by atomic mass is 32.2. The molecule has 0 spiro atoms. The van der Waals surface area contributed by atoms with E-state index in [-0.39, 0.29) is 5.41 Å². The van der Waals surface area contributed by atoms with Crippen LogP contribution in [0.5, 0.6) is 0 Å². The van der Waals surface area contributed by atoms with Gasteiger partial charge in [0.05, 0.1) is 5.41 Å². The quantitative estimate of drug-likeness (QED) is 0.843. The van der Waals surface area contributed by atoms with E-state index in [2.05, 4.69) is 12.1 Å². The van der Waals surface area contributed by atoms with Crippen molar-refractivity contribution in [2.24, 2.45) is 10.8 Å². The number of benzene rings is 1. The second kappa shape index (κ2) is 5.79. The Kier molecular flexibility index (Phi) is 4.85. The fraction of sp³-hybridized carbons (Fsp3) is 0.533. The SMILES string of the molecule is CC(C)(CSCc1ccccc1)C(C)(C)C(=O)O. The van der Waals surface area contributed by atoms with Crippen LogP contribution in [0.15, 0.2) is 30.3 Å². The molecule has 0 aliphatic rings. The van der Waals surface area contributed by atoms with Gasteiger partial charge in [0, 0.05) is 5.75 Å². The number of thioether (sulfide) groups is 1. The molecule has 100 valence electrons. The molecule has 0 heterocycles. The van der Waals surface area contributed by atoms with Gasteiger partial charge < -0.3 is 5.11 Å². The molecule has 0 unspecified atom stereocenters. The summed E-state index contributed by atoms with van der Waals surface area (Å²) < 4.78 is 0. The number of carboxylic acid groups (broad SMARTS) is 1. The van der Waals surface area contributed by atoms with E-state index in [4.69, 9.17) is 0 Å². The van der Waals surface area contributed by atoms with Gasteiger partial charge in [-0.25, -0.2) is 0 Å². The van der Waals surface area contributed by atoms with Gasteiger partial charge in [0.2, 0.25) is 0 Å². The van der Waals surface area contributed by atoms with E-state index >= 15 is 0 Å². The highest BCUT2D eigenvalue weighted by Crippen LogP contribution is 2.41. The molecule has 1 aromatic rings. The minimum atomic E-state index is -0.729. The lowest BCUT2D eigenvalue weighted by atomic mass is 9.69. The third kappa shape index (κ3) is 3.52. The summed E-state index contributed by atoms with van der Waals surface area (Å²) in [5, 5.41) is 9.28. The minimum absolute atomic E-state index is 0.238. The van der Waals surface area contributed by atoms with E-state index in [1.165, 1.54) is 5.56 Å². The van der Waals surface area contributed by atoms with Gasteiger partial charge in [0.15, 0.2) is 0 Å². The number of aliphatic carboxylic acids is 1. The molecule has 0 saturated carbocycles. The van der Waals surface area contributed by atoms with Crippen LogP contribution in [-0.4, -0.2) is 16.8 Å². The fourth-order valence-corrected chi connectivity index (χ4v) is 2.87. The Morgan fingerprint density at radius 1 is 1.17 bits per heavy atom. The van der Waals surface area contributed by atoms with E-state index in [1.54, 1.807) is 25.6 Å². The molecule has 0 saturated heterocycles. The number of carboxylic acids is 1. The molecule has 0 atom stereocenters. The molecule has 2 nitrogen and oxygen atoms in total. The third-order valence-corrected chi connectivity index (χ3v) is 5.26. The molecule has 0 fully saturated rings. The largest absolute Gasteiger partial charge is 0.481 e. The summed E-state index contributed by atoms with van der Waals surface area (Å²) in [7, 11) is 0. The third-order valence-electron chi connectivity index (χ3n) is 3.80. The van der Waals surface area contributed by atoms with Crippen LogP contribution in [0.4, 0.5) is 0 Å². The van der Waals surface area contributed by atoms with Crippen LogP contribution >= 0.6 is 11.8 Å². The van der Waals surface area contributed by atoms with Crippen LogP contribution in [0.1, 0.15) is 33.3 Å². The second-order valence-electron chi connectivity index (χ2n) is 5.79. The first-order valence-corrected chi connectivity index (χ1v) is 7.28. The van der Waals surface area contributed by atoms with Gasteiger partial charge in [-0.2, -0.15) is 11.8 Å². The average molecular weight is 266 g/mol. The fourth-order valence-electron chi connectivity index (χ4n) is 1.47. The van der Waals surface area contributed by atoms with Crippen LogP contribution in [0.3, 0.4) is 0 Å². The Morgan fingerprint density at radius 2 is 1.72 bits per heavy atom. The van der Waals surface area contributed by atoms with Crippen LogP contribution in [0, 0.1) is 10.8 Å². The zero-order chi connectivity index (χ0) is 13.8. The van der Waals surface area contributed by atoms with Gasteiger partial charge in [0.1, 0.15) is 0 Å². The van der Waals surface area contributed by atoms with Crippen molar-refractivity contribution in [1.29, 1.82) is 0 Å². The van der Waals surface area contributed by atoms with E-state index in [0.29, 0.717) is 0 Å². The Hall–Kier alpha value is -0.960. The Balaban J connectivity index is 2.55. The predicted molar refractivity (Wildman–Crippen MR) is 77.8 cm³/mol. The lowest BCUT2D eigenvalue weighted by Crippen LogP contribution is -2.41. The summed E-state index contributed by atoms with van der Waals surface area (Å²) >= 11 is 1.79. The van der Waals surface area contributed by atoms with Crippen molar-refractivity contribution in [3.8, 4) is 0 Å². The second-order valence-corrected chi connectivity index (χ2v) is 6.78. The lowest BCUT2D eigenvalue weighted by Gasteiger charge is -2.37. The first-order valence-electron chi connectivity index (χ1n) is 6.12. The molecular formula is C15H22O2S. The first-order chi connectivity index (χ1) is 8.27. The minimum Gasteiger partial charge on any atom is -0.481 e. The van der Waals surface area contributed by atoms with E-state index in [9.17, 15) is 9.90 Å². The molecule has 3 heteroatoms. The average Bonchev–Trinajstić information content (AvgIpc) is 2.29. The summed E-state index contributed by atoms with van der Waals surface area (Å²) in [5.41, 5.74) is 0.334. The standard InChI is InChI=1S/C15H22O2S/c1-14(2,15(3,4)13(16)17)11-18-10-12-8-6-5-7-9-12/h5-9H,10-11H2,1-4H3,(H,16,17). The van der Waals surface area contributed by atoms with Crippen LogP contribution in [0.2, 0.25) is 0 Å². The number of rotatable bonds is 6. The van der Waals surface area contributed by atoms with Crippen molar-refractivity contribution in [2.75, 3.05) is 5.75 Å². The number of hydrogen-bond donors (Lipinski definition) is 1. The molecule has 0 aromatic heterocycles. The molecule has 1 aromatic carbocycles. The number of carbonyl (C=O) groups is 1. The highest BCUT2D eigenvalue weighted by Gasteiger charge is 2.42. The Morgan fingerprint density at radius 3 is 2.22 bits per heavy atom. The molecule has 0 amide bonds. The maximum absolute atomic E-state index is 11.3. The van der Waals surface area contributed by atoms with Crippen LogP contribution < -0.4 is 0 Å². The molecule has 1 N–H and O–H groups in total. The molecule has 0 radical (unpaired) electrons. The number of hydrogen-bond acceptors (Lipinski definition) is 2. The summed E-state index contributed by atoms with van der Waals surface area (Å²) in [6.07, 6.45) is 0. The molecule has 18 heavy (non-hydrogen) atoms. The normalized spacial score (nSPS) is 12.4. The van der Waals surface area contributed by atoms with Crippen molar-refractivity contribution in [3.63, 3.8) is 0 Å². The van der Waals surface area contributed by atoms with Crippen molar-refractivity contribution in [1.82, 2.24) is 0 Å². The van der Waals surface area contributed by atoms with E-state index < -0.39 is 11.4 Å².